The molecule has 1 aromatic rings. The zero-order valence-corrected chi connectivity index (χ0v) is 13.3. The summed E-state index contributed by atoms with van der Waals surface area (Å²) in [4.78, 5) is 6.93. The summed E-state index contributed by atoms with van der Waals surface area (Å²) in [7, 11) is 0. The molecule has 0 aromatic carbocycles. The van der Waals surface area contributed by atoms with Crippen molar-refractivity contribution in [2.24, 2.45) is 5.41 Å². The van der Waals surface area contributed by atoms with Gasteiger partial charge in [0.05, 0.1) is 6.61 Å². The van der Waals surface area contributed by atoms with Crippen molar-refractivity contribution in [3.05, 3.63) is 34.5 Å². The molecule has 1 aliphatic rings. The van der Waals surface area contributed by atoms with Gasteiger partial charge in [0, 0.05) is 24.3 Å². The number of hydrogen-bond donors (Lipinski definition) is 1. The highest BCUT2D eigenvalue weighted by Crippen LogP contribution is 2.32. The largest absolute Gasteiger partial charge is 0.392 e. The van der Waals surface area contributed by atoms with E-state index in [0.717, 1.165) is 42.1 Å². The van der Waals surface area contributed by atoms with Gasteiger partial charge < -0.3 is 10.0 Å². The van der Waals surface area contributed by atoms with Gasteiger partial charge in [-0.15, -0.1) is 0 Å². The third-order valence-electron chi connectivity index (χ3n) is 4.08. The van der Waals surface area contributed by atoms with Gasteiger partial charge in [-0.1, -0.05) is 32.4 Å². The molecule has 2 rings (SSSR count). The summed E-state index contributed by atoms with van der Waals surface area (Å²) in [6.45, 7) is 12.8. The summed E-state index contributed by atoms with van der Waals surface area (Å²) in [6, 6.07) is 2.04. The lowest BCUT2D eigenvalue weighted by Crippen LogP contribution is -2.33. The molecule has 0 spiro atoms. The minimum atomic E-state index is 0.0563. The Morgan fingerprint density at radius 1 is 1.30 bits per heavy atom. The predicted molar refractivity (Wildman–Crippen MR) is 84.0 cm³/mol. The Morgan fingerprint density at radius 2 is 2.00 bits per heavy atom. The van der Waals surface area contributed by atoms with Crippen molar-refractivity contribution in [2.75, 3.05) is 18.0 Å². The van der Waals surface area contributed by atoms with E-state index in [4.69, 9.17) is 0 Å². The Labute approximate surface area is 122 Å². The molecule has 0 unspecified atom stereocenters. The third-order valence-corrected chi connectivity index (χ3v) is 4.08. The van der Waals surface area contributed by atoms with E-state index in [1.807, 2.05) is 19.9 Å². The average molecular weight is 274 g/mol. The lowest BCUT2D eigenvalue weighted by molar-refractivity contribution is 0.280. The predicted octanol–water partition coefficient (Wildman–Crippen LogP) is 3.37. The van der Waals surface area contributed by atoms with Gasteiger partial charge in [-0.05, 0) is 37.3 Å². The van der Waals surface area contributed by atoms with Crippen LogP contribution in [-0.4, -0.2) is 23.2 Å². The third kappa shape index (κ3) is 3.04. The monoisotopic (exact) mass is 274 g/mol. The Kier molecular flexibility index (Phi) is 4.19. The van der Waals surface area contributed by atoms with Gasteiger partial charge in [0.15, 0.2) is 0 Å². The summed E-state index contributed by atoms with van der Waals surface area (Å²) >= 11 is 0. The molecule has 110 valence electrons. The van der Waals surface area contributed by atoms with Crippen LogP contribution in [0.1, 0.15) is 44.0 Å². The highest BCUT2D eigenvalue weighted by Gasteiger charge is 2.23. The number of anilines is 1. The highest BCUT2D eigenvalue weighted by molar-refractivity contribution is 5.52. The summed E-state index contributed by atoms with van der Waals surface area (Å²) in [5, 5.41) is 9.62. The maximum atomic E-state index is 9.62. The van der Waals surface area contributed by atoms with Crippen molar-refractivity contribution in [3.8, 4) is 0 Å². The molecule has 1 aliphatic heterocycles. The van der Waals surface area contributed by atoms with Crippen LogP contribution in [0.3, 0.4) is 0 Å². The van der Waals surface area contributed by atoms with E-state index in [-0.39, 0.29) is 12.0 Å². The molecule has 0 fully saturated rings. The number of nitrogens with zero attached hydrogens (tertiary/aromatic N) is 2. The fourth-order valence-corrected chi connectivity index (χ4v) is 2.84. The summed E-state index contributed by atoms with van der Waals surface area (Å²) in [5.74, 6) is 0.953. The molecule has 0 aliphatic carbocycles. The number of aliphatic hydroxyl groups is 1. The van der Waals surface area contributed by atoms with Crippen LogP contribution in [0.5, 0.6) is 0 Å². The molecular weight excluding hydrogens is 248 g/mol. The van der Waals surface area contributed by atoms with Crippen molar-refractivity contribution in [2.45, 2.75) is 47.6 Å². The first-order chi connectivity index (χ1) is 9.32. The van der Waals surface area contributed by atoms with E-state index >= 15 is 0 Å². The molecule has 20 heavy (non-hydrogen) atoms. The molecule has 0 saturated carbocycles. The molecule has 0 amide bonds. The average Bonchev–Trinajstić information content (AvgIpc) is 2.37. The Hall–Kier alpha value is -1.35. The van der Waals surface area contributed by atoms with Gasteiger partial charge in [-0.25, -0.2) is 4.98 Å². The fourth-order valence-electron chi connectivity index (χ4n) is 2.84. The molecule has 0 bridgehead atoms. The van der Waals surface area contributed by atoms with E-state index < -0.39 is 0 Å². The SMILES string of the molecule is Cc1cc(C)c(CO)c(N2CC=C(C(C)(C)C)CC2)n1. The maximum absolute atomic E-state index is 9.62. The number of pyridine rings is 1. The van der Waals surface area contributed by atoms with E-state index in [2.05, 4.69) is 36.7 Å². The normalized spacial score (nSPS) is 16.3. The van der Waals surface area contributed by atoms with Gasteiger partial charge in [0.2, 0.25) is 0 Å². The van der Waals surface area contributed by atoms with E-state index in [1.165, 1.54) is 5.57 Å². The molecular formula is C17H26N2O. The number of aromatic nitrogens is 1. The van der Waals surface area contributed by atoms with E-state index in [9.17, 15) is 5.11 Å². The van der Waals surface area contributed by atoms with Crippen molar-refractivity contribution in [1.29, 1.82) is 0 Å². The van der Waals surface area contributed by atoms with Crippen LogP contribution in [0.25, 0.3) is 0 Å². The molecule has 1 N–H and O–H groups in total. The zero-order valence-electron chi connectivity index (χ0n) is 13.3. The smallest absolute Gasteiger partial charge is 0.134 e. The molecule has 3 nitrogen and oxygen atoms in total. The summed E-state index contributed by atoms with van der Waals surface area (Å²) < 4.78 is 0. The standard InChI is InChI=1S/C17H26N2O/c1-12-10-13(2)18-16(15(12)11-20)19-8-6-14(7-9-19)17(3,4)5/h6,10,20H,7-9,11H2,1-5H3. The van der Waals surface area contributed by atoms with Crippen LogP contribution < -0.4 is 4.90 Å². The quantitative estimate of drug-likeness (QED) is 0.840. The van der Waals surface area contributed by atoms with Gasteiger partial charge in [-0.3, -0.25) is 0 Å². The van der Waals surface area contributed by atoms with E-state index in [1.54, 1.807) is 0 Å². The molecule has 0 atom stereocenters. The van der Waals surface area contributed by atoms with Crippen LogP contribution >= 0.6 is 0 Å². The minimum absolute atomic E-state index is 0.0563. The van der Waals surface area contributed by atoms with Crippen molar-refractivity contribution >= 4 is 5.82 Å². The molecule has 0 radical (unpaired) electrons. The number of aryl methyl sites for hydroxylation is 2. The van der Waals surface area contributed by atoms with Gasteiger partial charge in [-0.2, -0.15) is 0 Å². The second kappa shape index (κ2) is 5.57. The second-order valence-electron chi connectivity index (χ2n) is 6.72. The Morgan fingerprint density at radius 3 is 2.50 bits per heavy atom. The number of hydrogen-bond acceptors (Lipinski definition) is 3. The maximum Gasteiger partial charge on any atom is 0.134 e. The van der Waals surface area contributed by atoms with Crippen molar-refractivity contribution < 1.29 is 5.11 Å². The van der Waals surface area contributed by atoms with Crippen LogP contribution in [-0.2, 0) is 6.61 Å². The van der Waals surface area contributed by atoms with E-state index in [0.29, 0.717) is 0 Å². The van der Waals surface area contributed by atoms with Crippen LogP contribution in [0, 0.1) is 19.3 Å². The van der Waals surface area contributed by atoms with Gasteiger partial charge in [0.25, 0.3) is 0 Å². The highest BCUT2D eigenvalue weighted by atomic mass is 16.3. The zero-order chi connectivity index (χ0) is 14.9. The topological polar surface area (TPSA) is 36.4 Å². The number of aliphatic hydroxyl groups excluding tert-OH is 1. The molecule has 0 saturated heterocycles. The van der Waals surface area contributed by atoms with Crippen molar-refractivity contribution in [3.63, 3.8) is 0 Å². The fraction of sp³-hybridized carbons (Fsp3) is 0.588. The summed E-state index contributed by atoms with van der Waals surface area (Å²) in [5.41, 5.74) is 4.87. The first-order valence-corrected chi connectivity index (χ1v) is 7.35. The van der Waals surface area contributed by atoms with Gasteiger partial charge >= 0.3 is 0 Å². The van der Waals surface area contributed by atoms with Crippen molar-refractivity contribution in [1.82, 2.24) is 4.98 Å². The summed E-state index contributed by atoms with van der Waals surface area (Å²) in [6.07, 6.45) is 3.40. The van der Waals surface area contributed by atoms with Crippen LogP contribution in [0.2, 0.25) is 0 Å². The Bertz CT molecular complexity index is 527. The van der Waals surface area contributed by atoms with Crippen LogP contribution in [0.4, 0.5) is 5.82 Å². The number of rotatable bonds is 2. The lowest BCUT2D eigenvalue weighted by Gasteiger charge is -2.34. The lowest BCUT2D eigenvalue weighted by atomic mass is 9.83. The first kappa shape index (κ1) is 15.0. The minimum Gasteiger partial charge on any atom is -0.392 e. The first-order valence-electron chi connectivity index (χ1n) is 7.35. The second-order valence-corrected chi connectivity index (χ2v) is 6.72. The van der Waals surface area contributed by atoms with Crippen LogP contribution in [0.15, 0.2) is 17.7 Å². The Balaban J connectivity index is 2.29. The molecule has 3 heteroatoms. The molecule has 2 heterocycles. The van der Waals surface area contributed by atoms with Gasteiger partial charge in [0.1, 0.15) is 5.82 Å². The molecule has 1 aromatic heterocycles.